The number of fused-ring (bicyclic) bond motifs is 4. The molecule has 5 aromatic rings. The van der Waals surface area contributed by atoms with E-state index in [1.165, 1.54) is 16.4 Å². The number of benzene rings is 2. The molecule has 3 amide bonds. The zero-order valence-corrected chi connectivity index (χ0v) is 32.7. The lowest BCUT2D eigenvalue weighted by molar-refractivity contribution is -0.125. The van der Waals surface area contributed by atoms with Crippen molar-refractivity contribution in [2.75, 3.05) is 39.5 Å². The number of ether oxygens (including phenoxy) is 4. The topological polar surface area (TPSA) is 137 Å². The highest BCUT2D eigenvalue weighted by molar-refractivity contribution is 6.23. The van der Waals surface area contributed by atoms with Crippen LogP contribution in [-0.4, -0.2) is 106 Å². The summed E-state index contributed by atoms with van der Waals surface area (Å²) in [5.74, 6) is -0.191. The number of carbonyl (C=O) groups excluding carboxylic acids is 3. The molecule has 9 rings (SSSR count). The average Bonchev–Trinajstić information content (AvgIpc) is 3.65. The molecule has 1 unspecified atom stereocenters. The van der Waals surface area contributed by atoms with E-state index in [4.69, 9.17) is 18.9 Å². The molecule has 1 atom stereocenters. The monoisotopic (exact) mass is 784 g/mol. The van der Waals surface area contributed by atoms with Crippen LogP contribution in [0.15, 0.2) is 85.5 Å². The van der Waals surface area contributed by atoms with Gasteiger partial charge in [0.15, 0.2) is 0 Å². The molecule has 6 heterocycles. The summed E-state index contributed by atoms with van der Waals surface area (Å²) >= 11 is 0. The van der Waals surface area contributed by atoms with Gasteiger partial charge in [-0.05, 0) is 74.1 Å². The van der Waals surface area contributed by atoms with Crippen molar-refractivity contribution < 1.29 is 33.3 Å². The summed E-state index contributed by atoms with van der Waals surface area (Å²) in [6.45, 7) is 8.12. The molecule has 1 aliphatic carbocycles. The van der Waals surface area contributed by atoms with E-state index in [-0.39, 0.29) is 35.3 Å². The predicted molar refractivity (Wildman–Crippen MR) is 218 cm³/mol. The number of aryl methyl sites for hydroxylation is 1. The third-order valence-corrected chi connectivity index (χ3v) is 11.9. The number of imide groups is 1. The molecule has 58 heavy (non-hydrogen) atoms. The zero-order chi connectivity index (χ0) is 39.8. The molecule has 13 heteroatoms. The first-order chi connectivity index (χ1) is 28.3. The van der Waals surface area contributed by atoms with Crippen LogP contribution < -0.4 is 14.8 Å². The minimum absolute atomic E-state index is 0.127. The van der Waals surface area contributed by atoms with Crippen molar-refractivity contribution >= 4 is 39.5 Å². The van der Waals surface area contributed by atoms with E-state index in [2.05, 4.69) is 68.7 Å². The minimum Gasteiger partial charge on any atom is -0.491 e. The molecule has 0 bridgehead atoms. The summed E-state index contributed by atoms with van der Waals surface area (Å²) in [7, 11) is 2.09. The van der Waals surface area contributed by atoms with Crippen molar-refractivity contribution in [3.05, 3.63) is 96.6 Å². The zero-order valence-electron chi connectivity index (χ0n) is 32.7. The van der Waals surface area contributed by atoms with E-state index in [0.717, 1.165) is 73.2 Å². The van der Waals surface area contributed by atoms with E-state index >= 15 is 0 Å². The number of pyridine rings is 2. The number of aromatic nitrogens is 3. The van der Waals surface area contributed by atoms with Crippen LogP contribution in [0.1, 0.15) is 65.7 Å². The Morgan fingerprint density at radius 1 is 0.810 bits per heavy atom. The number of amides is 3. The van der Waals surface area contributed by atoms with Gasteiger partial charge in [-0.2, -0.15) is 0 Å². The Labute approximate surface area is 336 Å². The number of hydrogen-bond donors (Lipinski definition) is 1. The summed E-state index contributed by atoms with van der Waals surface area (Å²) in [6.07, 6.45) is 11.9. The third-order valence-electron chi connectivity index (χ3n) is 11.9. The highest BCUT2D eigenvalue weighted by Crippen LogP contribution is 2.34. The van der Waals surface area contributed by atoms with Crippen LogP contribution >= 0.6 is 0 Å². The maximum absolute atomic E-state index is 13.1. The Morgan fingerprint density at radius 2 is 1.64 bits per heavy atom. The quantitative estimate of drug-likeness (QED) is 0.105. The van der Waals surface area contributed by atoms with Gasteiger partial charge in [-0.3, -0.25) is 24.3 Å². The lowest BCUT2D eigenvalue weighted by atomic mass is 9.91. The van der Waals surface area contributed by atoms with Crippen LogP contribution in [0.3, 0.4) is 0 Å². The summed E-state index contributed by atoms with van der Waals surface area (Å²) in [5.41, 5.74) is 5.64. The Bertz CT molecular complexity index is 2360. The normalized spacial score (nSPS) is 21.4. The number of nitrogens with one attached hydrogen (secondary N) is 1. The van der Waals surface area contributed by atoms with Gasteiger partial charge in [0.1, 0.15) is 24.5 Å². The summed E-state index contributed by atoms with van der Waals surface area (Å²) in [5, 5.41) is 5.00. The van der Waals surface area contributed by atoms with Crippen LogP contribution in [-0.2, 0) is 21.3 Å². The van der Waals surface area contributed by atoms with Crippen molar-refractivity contribution in [3.63, 3.8) is 0 Å². The van der Waals surface area contributed by atoms with Crippen LogP contribution in [0.5, 0.6) is 11.6 Å². The van der Waals surface area contributed by atoms with Gasteiger partial charge in [-0.1, -0.05) is 18.7 Å². The molecule has 0 radical (unpaired) electrons. The first-order valence-corrected chi connectivity index (χ1v) is 20.3. The first kappa shape index (κ1) is 37.9. The van der Waals surface area contributed by atoms with E-state index < -0.39 is 17.9 Å². The fraction of sp³-hybridized carbons (Fsp3) is 0.400. The van der Waals surface area contributed by atoms with Crippen LogP contribution in [0.2, 0.25) is 0 Å². The Kier molecular flexibility index (Phi) is 10.7. The molecule has 13 nitrogen and oxygen atoms in total. The molecule has 0 spiro atoms. The number of piperidine rings is 2. The van der Waals surface area contributed by atoms with Crippen LogP contribution in [0, 0.1) is 0 Å². The predicted octanol–water partition coefficient (Wildman–Crippen LogP) is 6.05. The fourth-order valence-electron chi connectivity index (χ4n) is 8.62. The summed E-state index contributed by atoms with van der Waals surface area (Å²) < 4.78 is 26.5. The lowest BCUT2D eigenvalue weighted by Gasteiger charge is -2.39. The van der Waals surface area contributed by atoms with Crippen molar-refractivity contribution in [1.29, 1.82) is 0 Å². The van der Waals surface area contributed by atoms with Crippen molar-refractivity contribution in [3.8, 4) is 22.8 Å². The lowest BCUT2D eigenvalue weighted by Crippen LogP contribution is -2.51. The standard InChI is InChI=1S/C45H48N6O7/c1-28-4-10-40(43(52)48-28)51-44(53)36-9-7-32(25-37(36)45(51)54)56-21-20-55-19-3-16-50-17-13-31(14-18-50)57-33-23-34(24-33)58-42-11-6-30(26-47-42)29-5-8-35-38-27-46-15-12-39(38)49(2)41(35)22-29/h5-9,11-12,15,22,25-27,31,33-34,40H,1,3-4,10,13-14,16-21,23-24H2,2H3,(H,48,52). The van der Waals surface area contributed by atoms with E-state index in [1.807, 2.05) is 24.7 Å². The maximum Gasteiger partial charge on any atom is 0.262 e. The number of carbonyl (C=O) groups is 3. The number of nitrogens with zero attached hydrogens (tertiary/aromatic N) is 5. The van der Waals surface area contributed by atoms with Crippen LogP contribution in [0.25, 0.3) is 32.9 Å². The van der Waals surface area contributed by atoms with Gasteiger partial charge in [-0.25, -0.2) is 4.98 Å². The molecule has 3 fully saturated rings. The molecule has 1 N–H and O–H groups in total. The van der Waals surface area contributed by atoms with Crippen molar-refractivity contribution in [2.24, 2.45) is 7.05 Å². The fourth-order valence-corrected chi connectivity index (χ4v) is 8.62. The van der Waals surface area contributed by atoms with E-state index in [9.17, 15) is 14.4 Å². The number of likely N-dealkylation sites (tertiary alicyclic amines) is 1. The second-order valence-electron chi connectivity index (χ2n) is 15.7. The van der Waals surface area contributed by atoms with E-state index in [0.29, 0.717) is 50.0 Å². The van der Waals surface area contributed by atoms with Gasteiger partial charge in [0, 0.05) is 98.3 Å². The summed E-state index contributed by atoms with van der Waals surface area (Å²) in [4.78, 5) is 51.0. The number of rotatable bonds is 14. The van der Waals surface area contributed by atoms with Crippen LogP contribution in [0.4, 0.5) is 0 Å². The molecular formula is C45H48N6O7. The minimum atomic E-state index is -0.838. The van der Waals surface area contributed by atoms with E-state index in [1.54, 1.807) is 18.2 Å². The smallest absolute Gasteiger partial charge is 0.262 e. The largest absolute Gasteiger partial charge is 0.491 e. The highest BCUT2D eigenvalue weighted by Gasteiger charge is 2.44. The molecule has 3 aliphatic heterocycles. The third kappa shape index (κ3) is 7.69. The second kappa shape index (κ2) is 16.3. The summed E-state index contributed by atoms with van der Waals surface area (Å²) in [6, 6.07) is 16.6. The van der Waals surface area contributed by atoms with Gasteiger partial charge in [-0.15, -0.1) is 0 Å². The average molecular weight is 785 g/mol. The number of hydrogen-bond acceptors (Lipinski definition) is 10. The SMILES string of the molecule is C=C1CCC(N2C(=O)c3ccc(OCCOCCCN4CCC(OC5CC(Oc6ccc(-c7ccc8c9cnccc9n(C)c8c7)cn6)C5)CC4)cc3C2=O)C(=O)N1. The molecule has 2 aromatic carbocycles. The first-order valence-electron chi connectivity index (χ1n) is 20.3. The molecule has 4 aliphatic rings. The van der Waals surface area contributed by atoms with Gasteiger partial charge in [0.05, 0.1) is 35.5 Å². The highest BCUT2D eigenvalue weighted by atomic mass is 16.5. The number of allylic oxidation sites excluding steroid dienone is 1. The molecule has 1 saturated carbocycles. The Balaban J connectivity index is 0.635. The van der Waals surface area contributed by atoms with Gasteiger partial charge in [0.25, 0.3) is 11.8 Å². The Hall–Kier alpha value is -5.63. The molecular weight excluding hydrogens is 737 g/mol. The van der Waals surface area contributed by atoms with Gasteiger partial charge in [0.2, 0.25) is 11.8 Å². The maximum atomic E-state index is 13.1. The van der Waals surface area contributed by atoms with Crippen molar-refractivity contribution in [1.82, 2.24) is 29.7 Å². The molecule has 3 aromatic heterocycles. The molecule has 300 valence electrons. The van der Waals surface area contributed by atoms with Gasteiger partial charge < -0.3 is 33.7 Å². The van der Waals surface area contributed by atoms with Crippen molar-refractivity contribution in [2.45, 2.75) is 69.3 Å². The van der Waals surface area contributed by atoms with Gasteiger partial charge >= 0.3 is 0 Å². The molecule has 2 saturated heterocycles. The Morgan fingerprint density at radius 3 is 2.45 bits per heavy atom. The second-order valence-corrected chi connectivity index (χ2v) is 15.7.